The van der Waals surface area contributed by atoms with Crippen LogP contribution in [-0.4, -0.2) is 41.4 Å². The molecule has 0 radical (unpaired) electrons. The van der Waals surface area contributed by atoms with Gasteiger partial charge in [-0.05, 0) is 54.4 Å². The van der Waals surface area contributed by atoms with Gasteiger partial charge in [0.1, 0.15) is 17.3 Å². The van der Waals surface area contributed by atoms with Crippen LogP contribution in [0.15, 0.2) is 72.8 Å². The van der Waals surface area contributed by atoms with Crippen LogP contribution in [0.4, 0.5) is 4.39 Å². The number of carbonyl (C=O) groups is 1. The number of nitrogens with zero attached hydrogens (tertiary/aromatic N) is 2. The van der Waals surface area contributed by atoms with Crippen LogP contribution in [-0.2, 0) is 10.7 Å². The number of ether oxygens (including phenoxy) is 2. The van der Waals surface area contributed by atoms with Gasteiger partial charge in [0.2, 0.25) is 12.3 Å². The predicted molar refractivity (Wildman–Crippen MR) is 134 cm³/mol. The van der Waals surface area contributed by atoms with Crippen molar-refractivity contribution in [1.29, 1.82) is 0 Å². The fraction of sp³-hybridized carbons (Fsp3) is 0.269. The molecule has 2 N–H and O–H groups in total. The van der Waals surface area contributed by atoms with Gasteiger partial charge in [-0.15, -0.1) is 11.6 Å². The normalized spacial score (nSPS) is 19.4. The lowest BCUT2D eigenvalue weighted by atomic mass is 10.0. The van der Waals surface area contributed by atoms with E-state index in [4.69, 9.17) is 38.4 Å². The Morgan fingerprint density at radius 2 is 1.69 bits per heavy atom. The summed E-state index contributed by atoms with van der Waals surface area (Å²) in [6.45, 7) is 2.15. The van der Waals surface area contributed by atoms with E-state index in [9.17, 15) is 9.18 Å². The van der Waals surface area contributed by atoms with Crippen molar-refractivity contribution in [2.45, 2.75) is 31.4 Å². The van der Waals surface area contributed by atoms with Gasteiger partial charge in [-0.1, -0.05) is 48.0 Å². The highest BCUT2D eigenvalue weighted by atomic mass is 35.5. The summed E-state index contributed by atoms with van der Waals surface area (Å²) in [5.74, 6) is 0.357. The summed E-state index contributed by atoms with van der Waals surface area (Å²) in [4.78, 5) is 15.8. The summed E-state index contributed by atoms with van der Waals surface area (Å²) >= 11 is 12.5. The van der Waals surface area contributed by atoms with Crippen molar-refractivity contribution in [2.75, 3.05) is 13.1 Å². The molecule has 6 nitrogen and oxygen atoms in total. The summed E-state index contributed by atoms with van der Waals surface area (Å²) in [6.07, 6.45) is -1.30. The molecule has 0 aromatic heterocycles. The van der Waals surface area contributed by atoms with E-state index >= 15 is 0 Å². The van der Waals surface area contributed by atoms with E-state index in [0.29, 0.717) is 29.2 Å². The Kier molecular flexibility index (Phi) is 8.13. The third-order valence-electron chi connectivity index (χ3n) is 5.92. The number of halogens is 3. The summed E-state index contributed by atoms with van der Waals surface area (Å²) in [5, 5.41) is 0.257. The Hall–Kier alpha value is -2.84. The maximum absolute atomic E-state index is 14.4. The number of alkyl halides is 1. The second kappa shape index (κ2) is 11.3. The second-order valence-electron chi connectivity index (χ2n) is 8.24. The van der Waals surface area contributed by atoms with Crippen molar-refractivity contribution in [2.24, 2.45) is 5.73 Å². The molecule has 3 aromatic rings. The van der Waals surface area contributed by atoms with Crippen molar-refractivity contribution in [3.8, 4) is 11.5 Å². The molecule has 4 rings (SSSR count). The van der Waals surface area contributed by atoms with Gasteiger partial charge in [0.15, 0.2) is 6.23 Å². The third kappa shape index (κ3) is 5.87. The number of primary amides is 1. The number of para-hydroxylation sites is 2. The lowest BCUT2D eigenvalue weighted by molar-refractivity contribution is -0.128. The van der Waals surface area contributed by atoms with E-state index in [2.05, 4.69) is 0 Å². The maximum atomic E-state index is 14.4. The standard InChI is InChI=1S/C26H26Cl2FN3O3/c1-17(21-12-18(29)13-23(28)22(21)14-27)31-16-25(34-19-8-4-2-5-9-19)32(15-24(30)33)26(31)35-20-10-6-3-7-11-20/h2-13,17,25-26H,14-16H2,1H3,(H2,30,33)/t17-,25-,26-/m0/s1. The molecule has 1 amide bonds. The highest BCUT2D eigenvalue weighted by Gasteiger charge is 2.46. The molecule has 184 valence electrons. The zero-order valence-corrected chi connectivity index (χ0v) is 20.6. The minimum Gasteiger partial charge on any atom is -0.474 e. The number of carbonyl (C=O) groups excluding carboxylic acids is 1. The summed E-state index contributed by atoms with van der Waals surface area (Å²) < 4.78 is 27.0. The van der Waals surface area contributed by atoms with Gasteiger partial charge >= 0.3 is 0 Å². The van der Waals surface area contributed by atoms with Crippen LogP contribution in [0.3, 0.4) is 0 Å². The number of hydrogen-bond acceptors (Lipinski definition) is 5. The quantitative estimate of drug-likeness (QED) is 0.397. The van der Waals surface area contributed by atoms with Crippen LogP contribution in [0.5, 0.6) is 11.5 Å². The molecule has 35 heavy (non-hydrogen) atoms. The number of hydrogen-bond donors (Lipinski definition) is 1. The average Bonchev–Trinajstić information content (AvgIpc) is 3.15. The van der Waals surface area contributed by atoms with Crippen LogP contribution in [0.2, 0.25) is 5.02 Å². The fourth-order valence-corrected chi connectivity index (χ4v) is 4.90. The maximum Gasteiger partial charge on any atom is 0.231 e. The average molecular weight is 518 g/mol. The van der Waals surface area contributed by atoms with Gasteiger partial charge in [0.05, 0.1) is 13.1 Å². The van der Waals surface area contributed by atoms with E-state index in [0.717, 1.165) is 0 Å². The van der Waals surface area contributed by atoms with Crippen molar-refractivity contribution in [1.82, 2.24) is 9.80 Å². The molecule has 0 bridgehead atoms. The SMILES string of the molecule is C[C@@H](c1cc(F)cc(Cl)c1CCl)N1C[C@H](Oc2ccccc2)N(CC(N)=O)[C@H]1Oc1ccccc1. The van der Waals surface area contributed by atoms with Crippen molar-refractivity contribution < 1.29 is 18.7 Å². The second-order valence-corrected chi connectivity index (χ2v) is 8.92. The zero-order valence-electron chi connectivity index (χ0n) is 19.1. The molecule has 0 unspecified atom stereocenters. The topological polar surface area (TPSA) is 68.0 Å². The molecule has 1 aliphatic rings. The largest absolute Gasteiger partial charge is 0.474 e. The minimum atomic E-state index is -0.737. The lowest BCUT2D eigenvalue weighted by Crippen LogP contribution is -2.49. The molecule has 1 saturated heterocycles. The molecular formula is C26H26Cl2FN3O3. The first-order valence-corrected chi connectivity index (χ1v) is 12.1. The van der Waals surface area contributed by atoms with Gasteiger partial charge in [0, 0.05) is 16.9 Å². The Morgan fingerprint density at radius 3 is 2.26 bits per heavy atom. The molecule has 0 aliphatic carbocycles. The highest BCUT2D eigenvalue weighted by molar-refractivity contribution is 6.32. The van der Waals surface area contributed by atoms with E-state index in [-0.39, 0.29) is 23.5 Å². The summed E-state index contributed by atoms with van der Waals surface area (Å²) in [5.41, 5.74) is 6.87. The van der Waals surface area contributed by atoms with Crippen LogP contribution in [0.25, 0.3) is 0 Å². The predicted octanol–water partition coefficient (Wildman–Crippen LogP) is 5.15. The number of benzene rings is 3. The molecule has 1 aliphatic heterocycles. The molecule has 3 atom stereocenters. The third-order valence-corrected chi connectivity index (χ3v) is 6.52. The molecule has 1 heterocycles. The number of nitrogens with two attached hydrogens (primary N) is 1. The van der Waals surface area contributed by atoms with Gasteiger partial charge < -0.3 is 15.2 Å². The van der Waals surface area contributed by atoms with Crippen molar-refractivity contribution >= 4 is 29.1 Å². The molecule has 9 heteroatoms. The monoisotopic (exact) mass is 517 g/mol. The van der Waals surface area contributed by atoms with Crippen LogP contribution in [0.1, 0.15) is 24.1 Å². The van der Waals surface area contributed by atoms with Gasteiger partial charge in [-0.25, -0.2) is 14.2 Å². The van der Waals surface area contributed by atoms with Crippen LogP contribution < -0.4 is 15.2 Å². The molecule has 3 aromatic carbocycles. The molecule has 0 spiro atoms. The minimum absolute atomic E-state index is 0.107. The van der Waals surface area contributed by atoms with E-state index < -0.39 is 24.3 Å². The first-order valence-electron chi connectivity index (χ1n) is 11.1. The van der Waals surface area contributed by atoms with Gasteiger partial charge in [0.25, 0.3) is 0 Å². The number of amides is 1. The summed E-state index contributed by atoms with van der Waals surface area (Å²) in [7, 11) is 0. The van der Waals surface area contributed by atoms with Crippen LogP contribution in [0, 0.1) is 5.82 Å². The van der Waals surface area contributed by atoms with Crippen molar-refractivity contribution in [3.05, 3.63) is 94.8 Å². The van der Waals surface area contributed by atoms with Gasteiger partial charge in [-0.3, -0.25) is 4.79 Å². The van der Waals surface area contributed by atoms with E-state index in [1.54, 1.807) is 4.90 Å². The van der Waals surface area contributed by atoms with Crippen LogP contribution >= 0.6 is 23.2 Å². The zero-order chi connectivity index (χ0) is 24.9. The Bertz CT molecular complexity index is 1150. The lowest BCUT2D eigenvalue weighted by Gasteiger charge is -2.34. The molecular weight excluding hydrogens is 492 g/mol. The van der Waals surface area contributed by atoms with Gasteiger partial charge in [-0.2, -0.15) is 0 Å². The van der Waals surface area contributed by atoms with Crippen molar-refractivity contribution in [3.63, 3.8) is 0 Å². The summed E-state index contributed by atoms with van der Waals surface area (Å²) in [6, 6.07) is 20.8. The number of rotatable bonds is 9. The fourth-order valence-electron chi connectivity index (χ4n) is 4.25. The molecule has 0 saturated carbocycles. The van der Waals surface area contributed by atoms with E-state index in [1.165, 1.54) is 12.1 Å². The highest BCUT2D eigenvalue weighted by Crippen LogP contribution is 2.37. The molecule has 1 fully saturated rings. The Morgan fingerprint density at radius 1 is 1.09 bits per heavy atom. The Balaban J connectivity index is 1.74. The Labute approximate surface area is 213 Å². The first-order chi connectivity index (χ1) is 16.9. The first kappa shape index (κ1) is 25.3. The van der Waals surface area contributed by atoms with E-state index in [1.807, 2.05) is 72.5 Å². The smallest absolute Gasteiger partial charge is 0.231 e.